The minimum atomic E-state index is -0.120. The second-order valence-corrected chi connectivity index (χ2v) is 6.28. The number of aliphatic hydroxyl groups excluding tert-OH is 1. The van der Waals surface area contributed by atoms with Crippen molar-refractivity contribution in [3.63, 3.8) is 0 Å². The van der Waals surface area contributed by atoms with E-state index in [1.165, 1.54) is 19.0 Å². The summed E-state index contributed by atoms with van der Waals surface area (Å²) in [6.45, 7) is 0.156. The van der Waals surface area contributed by atoms with Gasteiger partial charge in [0.1, 0.15) is 5.15 Å². The molecule has 3 rings (SSSR count). The highest BCUT2D eigenvalue weighted by Gasteiger charge is 2.43. The molecule has 2 saturated carbocycles. The molecular formula is C15H19ClN2O2. The Hall–Kier alpha value is -1.13. The van der Waals surface area contributed by atoms with Gasteiger partial charge in [-0.15, -0.1) is 0 Å². The van der Waals surface area contributed by atoms with Crippen LogP contribution in [0.3, 0.4) is 0 Å². The highest BCUT2D eigenvalue weighted by molar-refractivity contribution is 6.29. The molecule has 1 aromatic heterocycles. The van der Waals surface area contributed by atoms with Crippen LogP contribution in [0, 0.1) is 17.8 Å². The molecule has 0 aliphatic heterocycles. The summed E-state index contributed by atoms with van der Waals surface area (Å²) in [5, 5.41) is 13.1. The number of pyridine rings is 1. The van der Waals surface area contributed by atoms with Crippen LogP contribution in [-0.2, 0) is 0 Å². The van der Waals surface area contributed by atoms with Crippen molar-refractivity contribution < 1.29 is 9.90 Å². The molecule has 108 valence electrons. The van der Waals surface area contributed by atoms with Gasteiger partial charge in [0.15, 0.2) is 0 Å². The number of carbonyl (C=O) groups is 1. The van der Waals surface area contributed by atoms with E-state index in [0.29, 0.717) is 22.6 Å². The van der Waals surface area contributed by atoms with Crippen LogP contribution in [0.2, 0.25) is 5.15 Å². The number of aliphatic hydroxyl groups is 1. The Morgan fingerprint density at radius 1 is 1.40 bits per heavy atom. The summed E-state index contributed by atoms with van der Waals surface area (Å²) in [5.41, 5.74) is 0.531. The molecule has 0 spiro atoms. The van der Waals surface area contributed by atoms with Crippen LogP contribution in [0.5, 0.6) is 0 Å². The Morgan fingerprint density at radius 2 is 2.10 bits per heavy atom. The maximum atomic E-state index is 12.3. The lowest BCUT2D eigenvalue weighted by molar-refractivity contribution is 0.0879. The fourth-order valence-electron chi connectivity index (χ4n) is 2.89. The number of carbonyl (C=O) groups excluding carboxylic acids is 1. The van der Waals surface area contributed by atoms with Crippen molar-refractivity contribution in [3.05, 3.63) is 29.0 Å². The number of rotatable bonds is 6. The Bertz CT molecular complexity index is 500. The number of hydrogen-bond donors (Lipinski definition) is 2. The number of amides is 1. The maximum Gasteiger partial charge on any atom is 0.251 e. The van der Waals surface area contributed by atoms with Crippen molar-refractivity contribution in [2.24, 2.45) is 17.8 Å². The third-order valence-corrected chi connectivity index (χ3v) is 4.52. The van der Waals surface area contributed by atoms with E-state index in [1.54, 1.807) is 12.1 Å². The topological polar surface area (TPSA) is 62.2 Å². The molecule has 2 aliphatic carbocycles. The van der Waals surface area contributed by atoms with Crippen molar-refractivity contribution in [2.45, 2.75) is 31.7 Å². The van der Waals surface area contributed by atoms with Gasteiger partial charge in [-0.2, -0.15) is 0 Å². The van der Waals surface area contributed by atoms with E-state index in [9.17, 15) is 9.90 Å². The third kappa shape index (κ3) is 3.13. The van der Waals surface area contributed by atoms with Gasteiger partial charge in [-0.25, -0.2) is 4.98 Å². The maximum absolute atomic E-state index is 12.3. The average Bonchev–Trinajstić information content (AvgIpc) is 3.29. The molecule has 0 unspecified atom stereocenters. The van der Waals surface area contributed by atoms with E-state index in [-0.39, 0.29) is 24.5 Å². The van der Waals surface area contributed by atoms with Crippen LogP contribution in [-0.4, -0.2) is 28.6 Å². The van der Waals surface area contributed by atoms with E-state index in [2.05, 4.69) is 10.3 Å². The molecule has 4 nitrogen and oxygen atoms in total. The molecule has 1 aromatic rings. The summed E-state index contributed by atoms with van der Waals surface area (Å²) < 4.78 is 0. The molecule has 2 atom stereocenters. The summed E-state index contributed by atoms with van der Waals surface area (Å²) in [5.74, 6) is 1.18. The molecule has 1 amide bonds. The Labute approximate surface area is 123 Å². The van der Waals surface area contributed by atoms with Gasteiger partial charge < -0.3 is 10.4 Å². The van der Waals surface area contributed by atoms with E-state index in [1.807, 2.05) is 0 Å². The molecule has 0 saturated heterocycles. The summed E-state index contributed by atoms with van der Waals surface area (Å²) >= 11 is 5.82. The first kappa shape index (κ1) is 13.8. The molecule has 20 heavy (non-hydrogen) atoms. The fourth-order valence-corrected chi connectivity index (χ4v) is 3.06. The Morgan fingerprint density at radius 3 is 2.65 bits per heavy atom. The van der Waals surface area contributed by atoms with E-state index in [0.717, 1.165) is 12.8 Å². The van der Waals surface area contributed by atoms with Crippen LogP contribution < -0.4 is 5.32 Å². The lowest BCUT2D eigenvalue weighted by Gasteiger charge is -2.26. The predicted octanol–water partition coefficient (Wildman–Crippen LogP) is 2.26. The molecule has 1 heterocycles. The zero-order valence-electron chi connectivity index (χ0n) is 11.3. The van der Waals surface area contributed by atoms with Gasteiger partial charge >= 0.3 is 0 Å². The van der Waals surface area contributed by atoms with Gasteiger partial charge in [0.2, 0.25) is 0 Å². The van der Waals surface area contributed by atoms with E-state index >= 15 is 0 Å². The first-order valence-corrected chi connectivity index (χ1v) is 7.60. The fraction of sp³-hybridized carbons (Fsp3) is 0.600. The van der Waals surface area contributed by atoms with Gasteiger partial charge in [0, 0.05) is 30.3 Å². The van der Waals surface area contributed by atoms with Gasteiger partial charge in [-0.1, -0.05) is 11.6 Å². The average molecular weight is 295 g/mol. The Balaban J connectivity index is 1.71. The summed E-state index contributed by atoms with van der Waals surface area (Å²) in [6.07, 6.45) is 6.17. The number of halogens is 1. The SMILES string of the molecule is O=C(N[C@H](C1CC1)[C@H](CO)C1CC1)c1ccnc(Cl)c1. The Kier molecular flexibility index (Phi) is 3.94. The second kappa shape index (κ2) is 5.70. The lowest BCUT2D eigenvalue weighted by Crippen LogP contribution is -2.44. The van der Waals surface area contributed by atoms with Gasteiger partial charge in [-0.3, -0.25) is 4.79 Å². The molecule has 5 heteroatoms. The zero-order chi connectivity index (χ0) is 14.1. The third-order valence-electron chi connectivity index (χ3n) is 4.32. The van der Waals surface area contributed by atoms with Crippen molar-refractivity contribution in [1.29, 1.82) is 0 Å². The monoisotopic (exact) mass is 294 g/mol. The molecule has 0 radical (unpaired) electrons. The van der Waals surface area contributed by atoms with Crippen molar-refractivity contribution >= 4 is 17.5 Å². The lowest BCUT2D eigenvalue weighted by atomic mass is 9.91. The van der Waals surface area contributed by atoms with Crippen molar-refractivity contribution in [2.75, 3.05) is 6.61 Å². The zero-order valence-corrected chi connectivity index (χ0v) is 12.0. The van der Waals surface area contributed by atoms with E-state index in [4.69, 9.17) is 11.6 Å². The highest BCUT2D eigenvalue weighted by Crippen LogP contribution is 2.45. The first-order chi connectivity index (χ1) is 9.69. The van der Waals surface area contributed by atoms with E-state index < -0.39 is 0 Å². The molecular weight excluding hydrogens is 276 g/mol. The first-order valence-electron chi connectivity index (χ1n) is 7.22. The molecule has 0 bridgehead atoms. The van der Waals surface area contributed by atoms with Crippen LogP contribution >= 0.6 is 11.6 Å². The molecule has 2 N–H and O–H groups in total. The minimum Gasteiger partial charge on any atom is -0.396 e. The largest absolute Gasteiger partial charge is 0.396 e. The quantitative estimate of drug-likeness (QED) is 0.791. The normalized spacial score (nSPS) is 21.3. The molecule has 2 fully saturated rings. The van der Waals surface area contributed by atoms with Crippen LogP contribution in [0.25, 0.3) is 0 Å². The summed E-state index contributed by atoms with van der Waals surface area (Å²) in [7, 11) is 0. The number of aromatic nitrogens is 1. The minimum absolute atomic E-state index is 0.0898. The smallest absolute Gasteiger partial charge is 0.251 e. The van der Waals surface area contributed by atoms with Gasteiger partial charge in [0.05, 0.1) is 0 Å². The molecule has 0 aromatic carbocycles. The van der Waals surface area contributed by atoms with Gasteiger partial charge in [0.25, 0.3) is 5.91 Å². The molecule has 2 aliphatic rings. The standard InChI is InChI=1S/C15H19ClN2O2/c16-13-7-11(5-6-17-13)15(20)18-14(10-3-4-10)12(8-19)9-1-2-9/h5-7,9-10,12,14,19H,1-4,8H2,(H,18,20)/t12-,14-/m1/s1. The van der Waals surface area contributed by atoms with Gasteiger partial charge in [-0.05, 0) is 49.7 Å². The van der Waals surface area contributed by atoms with Crippen molar-refractivity contribution in [3.8, 4) is 0 Å². The second-order valence-electron chi connectivity index (χ2n) is 5.89. The summed E-state index contributed by atoms with van der Waals surface area (Å²) in [6, 6.07) is 3.33. The van der Waals surface area contributed by atoms with Crippen molar-refractivity contribution in [1.82, 2.24) is 10.3 Å². The van der Waals surface area contributed by atoms with Crippen LogP contribution in [0.1, 0.15) is 36.0 Å². The van der Waals surface area contributed by atoms with Crippen LogP contribution in [0.4, 0.5) is 0 Å². The summed E-state index contributed by atoms with van der Waals surface area (Å²) in [4.78, 5) is 16.2. The van der Waals surface area contributed by atoms with Crippen LogP contribution in [0.15, 0.2) is 18.3 Å². The predicted molar refractivity (Wildman–Crippen MR) is 76.5 cm³/mol. The number of hydrogen-bond acceptors (Lipinski definition) is 3. The number of nitrogens with zero attached hydrogens (tertiary/aromatic N) is 1. The highest BCUT2D eigenvalue weighted by atomic mass is 35.5. The number of nitrogens with one attached hydrogen (secondary N) is 1.